The van der Waals surface area contributed by atoms with Crippen LogP contribution in [0.15, 0.2) is 19.2 Å². The standard InChI is InChI=1S/2C13H21N5O3.6ClH.Pt/c2*1-15(2)7-6-8-21-12-14-10-9(16(12)3)11(19)18(5)13(20)17(10)4;;;;;;;/h2*6-8H2,1-5H3;6*1H;/q;;;;;;;;+4/p-4. The fraction of sp³-hybridized carbons (Fsp3) is 0.615. The Kier molecular flexibility index (Phi) is 28.2. The molecule has 49 heavy (non-hydrogen) atoms. The predicted octanol–water partition coefficient (Wildman–Crippen LogP) is -19.2. The van der Waals surface area contributed by atoms with Gasteiger partial charge in [-0.3, -0.25) is 37.0 Å². The Morgan fingerprint density at radius 2 is 0.816 bits per heavy atom. The second-order valence-corrected chi connectivity index (χ2v) is 10.7. The molecule has 4 aromatic heterocycles. The minimum Gasteiger partial charge on any atom is -1.00 e. The van der Waals surface area contributed by atoms with E-state index in [-0.39, 0.29) is 109 Å². The largest absolute Gasteiger partial charge is 4.00 e. The number of halogens is 6. The van der Waals surface area contributed by atoms with Crippen molar-refractivity contribution in [3.63, 3.8) is 0 Å². The van der Waals surface area contributed by atoms with Gasteiger partial charge in [0.25, 0.3) is 23.1 Å². The Balaban J connectivity index is -0.000000129. The first-order valence-corrected chi connectivity index (χ1v) is 13.5. The summed E-state index contributed by atoms with van der Waals surface area (Å²) in [5, 5.41) is 0. The zero-order valence-corrected chi connectivity index (χ0v) is 35.6. The van der Waals surface area contributed by atoms with E-state index < -0.39 is 11.4 Å². The summed E-state index contributed by atoms with van der Waals surface area (Å²) in [6.45, 7) is 2.82. The van der Waals surface area contributed by atoms with Gasteiger partial charge < -0.3 is 93.7 Å². The second kappa shape index (κ2) is 24.4. The van der Waals surface area contributed by atoms with Crippen molar-refractivity contribution in [3.8, 4) is 12.0 Å². The van der Waals surface area contributed by atoms with E-state index in [1.165, 1.54) is 23.2 Å². The van der Waals surface area contributed by atoms with Crippen LogP contribution in [0.2, 0.25) is 0 Å². The summed E-state index contributed by atoms with van der Waals surface area (Å²) in [7, 11) is 17.5. The Bertz CT molecular complexity index is 1710. The first-order chi connectivity index (χ1) is 19.7. The summed E-state index contributed by atoms with van der Waals surface area (Å²) in [6.07, 6.45) is 1.71. The van der Waals surface area contributed by atoms with Gasteiger partial charge in [0.1, 0.15) is 0 Å². The van der Waals surface area contributed by atoms with E-state index in [0.29, 0.717) is 47.6 Å². The molecule has 16 nitrogen and oxygen atoms in total. The van der Waals surface area contributed by atoms with E-state index in [1.54, 1.807) is 37.3 Å². The van der Waals surface area contributed by atoms with Crippen molar-refractivity contribution in [2.75, 3.05) is 54.5 Å². The number of nitrogens with zero attached hydrogens (tertiary/aromatic N) is 10. The van der Waals surface area contributed by atoms with E-state index in [9.17, 15) is 19.2 Å². The molecule has 286 valence electrons. The van der Waals surface area contributed by atoms with Gasteiger partial charge in [-0.05, 0) is 41.0 Å². The van der Waals surface area contributed by atoms with Crippen molar-refractivity contribution in [1.82, 2.24) is 47.2 Å². The van der Waals surface area contributed by atoms with Crippen LogP contribution in [0.1, 0.15) is 15.7 Å². The quantitative estimate of drug-likeness (QED) is 0.141. The van der Waals surface area contributed by atoms with Crippen LogP contribution in [-0.2, 0) is 63.4 Å². The predicted molar refractivity (Wildman–Crippen MR) is 162 cm³/mol. The molecule has 0 aliphatic carbocycles. The zero-order chi connectivity index (χ0) is 31.5. The molecule has 0 fully saturated rings. The molecular formula is C26H44Cl6N10O6Pt. The van der Waals surface area contributed by atoms with E-state index in [4.69, 9.17) is 9.47 Å². The molecule has 4 rings (SSSR count). The van der Waals surface area contributed by atoms with Crippen LogP contribution in [0.5, 0.6) is 12.0 Å². The molecular weight excluding hydrogens is 956 g/mol. The van der Waals surface area contributed by atoms with Crippen LogP contribution >= 0.6 is 0 Å². The maximum Gasteiger partial charge on any atom is 4.00 e. The van der Waals surface area contributed by atoms with Gasteiger partial charge in [-0.25, -0.2) is 9.59 Å². The van der Waals surface area contributed by atoms with Crippen molar-refractivity contribution < 1.29 is 108 Å². The van der Waals surface area contributed by atoms with Gasteiger partial charge in [0.05, 0.1) is 13.2 Å². The van der Waals surface area contributed by atoms with Crippen LogP contribution in [0, 0.1) is 0 Å². The fourth-order valence-corrected chi connectivity index (χ4v) is 4.34. The third-order valence-corrected chi connectivity index (χ3v) is 6.83. The molecule has 0 radical (unpaired) electrons. The van der Waals surface area contributed by atoms with Gasteiger partial charge in [-0.1, -0.05) is 0 Å². The third-order valence-electron chi connectivity index (χ3n) is 6.83. The van der Waals surface area contributed by atoms with Crippen molar-refractivity contribution in [2.24, 2.45) is 42.3 Å². The summed E-state index contributed by atoms with van der Waals surface area (Å²) >= 11 is 0. The molecule has 0 spiro atoms. The first-order valence-electron chi connectivity index (χ1n) is 13.5. The summed E-state index contributed by atoms with van der Waals surface area (Å²) in [6, 6.07) is 0.698. The molecule has 0 aliphatic rings. The average molecular weight is 1000 g/mol. The molecule has 0 amide bonds. The van der Waals surface area contributed by atoms with Crippen molar-refractivity contribution in [1.29, 1.82) is 0 Å². The number of rotatable bonds is 10. The third kappa shape index (κ3) is 12.8. The number of hydrogen-bond acceptors (Lipinski definition) is 10. The van der Waals surface area contributed by atoms with Gasteiger partial charge in [-0.15, -0.1) is 0 Å². The SMILES string of the molecule is CN(C)CCCOc1nc2c(c(=O)n(C)c(=O)n2C)n1C.CN(C)CCCOc1nc2c(c(=O)n(C)c(=O)n2C)n1C.[Cl-].[Cl-].[Cl-].[Cl-].[Cl-].[Cl-].[H+].[H+].[Pt+4]. The number of hydrogen-bond donors (Lipinski definition) is 0. The molecule has 4 aromatic rings. The van der Waals surface area contributed by atoms with Crippen LogP contribution in [0.4, 0.5) is 0 Å². The summed E-state index contributed by atoms with van der Waals surface area (Å²) in [5.41, 5.74) is -0.127. The maximum atomic E-state index is 12.2. The fourth-order valence-electron chi connectivity index (χ4n) is 4.34. The summed E-state index contributed by atoms with van der Waals surface area (Å²) < 4.78 is 19.3. The van der Waals surface area contributed by atoms with Crippen LogP contribution in [-0.4, -0.2) is 102 Å². The molecule has 0 aromatic carbocycles. The monoisotopic (exact) mass is 997 g/mol. The minimum absolute atomic E-state index is 0. The molecule has 0 saturated carbocycles. The van der Waals surface area contributed by atoms with E-state index in [2.05, 4.69) is 19.8 Å². The number of fused-ring (bicyclic) bond motifs is 2. The summed E-state index contributed by atoms with van der Waals surface area (Å²) in [4.78, 5) is 60.8. The van der Waals surface area contributed by atoms with Gasteiger partial charge in [0.2, 0.25) is 0 Å². The van der Waals surface area contributed by atoms with Gasteiger partial charge >= 0.3 is 35.3 Å². The smallest absolute Gasteiger partial charge is 1.00 e. The van der Waals surface area contributed by atoms with Crippen molar-refractivity contribution in [2.45, 2.75) is 12.8 Å². The topological polar surface area (TPSA) is 149 Å². The van der Waals surface area contributed by atoms with E-state index >= 15 is 0 Å². The number of imidazole rings is 2. The zero-order valence-electron chi connectivity index (χ0n) is 30.7. The van der Waals surface area contributed by atoms with Crippen LogP contribution in [0.3, 0.4) is 0 Å². The van der Waals surface area contributed by atoms with Gasteiger partial charge in [0, 0.05) is 55.4 Å². The van der Waals surface area contributed by atoms with Crippen molar-refractivity contribution in [3.05, 3.63) is 41.7 Å². The normalized spacial score (nSPS) is 9.88. The van der Waals surface area contributed by atoms with Gasteiger partial charge in [0.15, 0.2) is 22.3 Å². The minimum atomic E-state index is -0.398. The van der Waals surface area contributed by atoms with E-state index in [0.717, 1.165) is 35.1 Å². The molecule has 0 aliphatic heterocycles. The average Bonchev–Trinajstić information content (AvgIpc) is 3.45. The Labute approximate surface area is 338 Å². The number of aromatic nitrogens is 8. The van der Waals surface area contributed by atoms with Gasteiger partial charge in [-0.2, -0.15) is 9.97 Å². The first kappa shape index (κ1) is 56.6. The Morgan fingerprint density at radius 1 is 0.531 bits per heavy atom. The Morgan fingerprint density at radius 3 is 1.08 bits per heavy atom. The molecule has 0 bridgehead atoms. The number of ether oxygens (including phenoxy) is 2. The van der Waals surface area contributed by atoms with Crippen LogP contribution < -0.4 is 106 Å². The molecule has 0 N–H and O–H groups in total. The van der Waals surface area contributed by atoms with Crippen molar-refractivity contribution >= 4 is 22.3 Å². The van der Waals surface area contributed by atoms with Crippen LogP contribution in [0.25, 0.3) is 22.3 Å². The second-order valence-electron chi connectivity index (χ2n) is 10.7. The van der Waals surface area contributed by atoms with E-state index in [1.807, 2.05) is 28.2 Å². The maximum absolute atomic E-state index is 12.2. The number of aryl methyl sites for hydroxylation is 4. The molecule has 4 heterocycles. The Hall–Kier alpha value is -1.75. The molecule has 0 unspecified atom stereocenters. The molecule has 23 heteroatoms. The molecule has 0 atom stereocenters. The molecule has 0 saturated heterocycles. The summed E-state index contributed by atoms with van der Waals surface area (Å²) in [5.74, 6) is 0.